The molecule has 0 aliphatic heterocycles. The Morgan fingerprint density at radius 1 is 0.773 bits per heavy atom. The van der Waals surface area contributed by atoms with Crippen molar-refractivity contribution in [1.29, 1.82) is 0 Å². The molecule has 0 fully saturated rings. The number of carbonyl (C=O) groups excluding carboxylic acids is 2. The summed E-state index contributed by atoms with van der Waals surface area (Å²) in [5, 5.41) is 2.89. The number of nitrogens with one attached hydrogen (secondary N) is 1. The van der Waals surface area contributed by atoms with Crippen molar-refractivity contribution in [2.75, 3.05) is 17.4 Å². The van der Waals surface area contributed by atoms with Crippen molar-refractivity contribution in [3.63, 3.8) is 0 Å². The minimum atomic E-state index is -4.14. The number of hydrogen-bond donors (Lipinski definition) is 1. The highest BCUT2D eigenvalue weighted by molar-refractivity contribution is 7.92. The molecule has 230 valence electrons. The van der Waals surface area contributed by atoms with Gasteiger partial charge in [0.2, 0.25) is 11.8 Å². The fourth-order valence-corrected chi connectivity index (χ4v) is 6.43. The lowest BCUT2D eigenvalue weighted by Crippen LogP contribution is -2.53. The van der Waals surface area contributed by atoms with Crippen LogP contribution in [0.4, 0.5) is 5.69 Å². The summed E-state index contributed by atoms with van der Waals surface area (Å²) in [4.78, 5) is 29.6. The zero-order chi connectivity index (χ0) is 31.7. The lowest BCUT2D eigenvalue weighted by Gasteiger charge is -2.34. The van der Waals surface area contributed by atoms with Gasteiger partial charge in [-0.05, 0) is 60.7 Å². The van der Waals surface area contributed by atoms with Crippen LogP contribution in [0.2, 0.25) is 0 Å². The topological polar surface area (TPSA) is 86.8 Å². The van der Waals surface area contributed by atoms with E-state index in [9.17, 15) is 18.0 Å². The maximum atomic E-state index is 14.4. The summed E-state index contributed by atoms with van der Waals surface area (Å²) >= 11 is 0. The van der Waals surface area contributed by atoms with Gasteiger partial charge >= 0.3 is 0 Å². The molecule has 0 saturated heterocycles. The first-order chi connectivity index (χ1) is 21.1. The number of anilines is 1. The van der Waals surface area contributed by atoms with Gasteiger partial charge in [-0.15, -0.1) is 0 Å². The average Bonchev–Trinajstić information content (AvgIpc) is 3.02. The second-order valence-electron chi connectivity index (χ2n) is 11.2. The molecule has 0 aliphatic rings. The van der Waals surface area contributed by atoms with Crippen LogP contribution in [0, 0.1) is 6.92 Å². The van der Waals surface area contributed by atoms with Crippen LogP contribution >= 0.6 is 0 Å². The highest BCUT2D eigenvalue weighted by Gasteiger charge is 2.34. The highest BCUT2D eigenvalue weighted by atomic mass is 32.2. The molecule has 2 amide bonds. The third kappa shape index (κ3) is 8.14. The van der Waals surface area contributed by atoms with E-state index in [1.54, 1.807) is 36.4 Å². The average molecular weight is 612 g/mol. The predicted octanol–water partition coefficient (Wildman–Crippen LogP) is 6.09. The Labute approximate surface area is 261 Å². The number of benzene rings is 4. The standard InChI is InChI=1S/C36H41N3O4S/c1-5-37-36(41)34(24-29-12-8-6-9-13-29)38(25-30-14-10-7-11-15-30)35(40)26-39(32-20-18-31(19-21-32)27(2)3)44(42,43)33-22-16-28(4)17-23-33/h6-23,27,34H,5,24-26H2,1-4H3,(H,37,41)/t34-/m1/s1. The maximum Gasteiger partial charge on any atom is 0.264 e. The van der Waals surface area contributed by atoms with E-state index < -0.39 is 28.5 Å². The number of nitrogens with zero attached hydrogens (tertiary/aromatic N) is 2. The van der Waals surface area contributed by atoms with E-state index in [0.717, 1.165) is 26.6 Å². The molecule has 0 saturated carbocycles. The van der Waals surface area contributed by atoms with Crippen LogP contribution in [0.5, 0.6) is 0 Å². The second-order valence-corrected chi connectivity index (χ2v) is 13.0. The van der Waals surface area contributed by atoms with Crippen LogP contribution in [-0.4, -0.2) is 44.3 Å². The van der Waals surface area contributed by atoms with Crippen molar-refractivity contribution in [3.05, 3.63) is 131 Å². The molecular weight excluding hydrogens is 570 g/mol. The monoisotopic (exact) mass is 611 g/mol. The van der Waals surface area contributed by atoms with E-state index in [0.29, 0.717) is 12.2 Å². The van der Waals surface area contributed by atoms with Gasteiger partial charge in [-0.2, -0.15) is 0 Å². The van der Waals surface area contributed by atoms with Gasteiger partial charge in [-0.3, -0.25) is 13.9 Å². The molecule has 0 aliphatic carbocycles. The zero-order valence-corrected chi connectivity index (χ0v) is 26.6. The van der Waals surface area contributed by atoms with E-state index >= 15 is 0 Å². The molecule has 0 heterocycles. The van der Waals surface area contributed by atoms with Crippen LogP contribution in [0.15, 0.2) is 114 Å². The number of carbonyl (C=O) groups is 2. The molecule has 44 heavy (non-hydrogen) atoms. The molecule has 0 radical (unpaired) electrons. The second kappa shape index (κ2) is 14.8. The maximum absolute atomic E-state index is 14.4. The van der Waals surface area contributed by atoms with Gasteiger partial charge in [0, 0.05) is 19.5 Å². The van der Waals surface area contributed by atoms with Crippen molar-refractivity contribution < 1.29 is 18.0 Å². The summed E-state index contributed by atoms with van der Waals surface area (Å²) in [6.45, 7) is 7.90. The van der Waals surface area contributed by atoms with Gasteiger partial charge in [-0.25, -0.2) is 8.42 Å². The van der Waals surface area contributed by atoms with Gasteiger partial charge < -0.3 is 10.2 Å². The number of aryl methyl sites for hydroxylation is 1. The van der Waals surface area contributed by atoms with Gasteiger partial charge in [0.05, 0.1) is 10.6 Å². The van der Waals surface area contributed by atoms with Gasteiger partial charge in [0.25, 0.3) is 10.0 Å². The molecule has 0 unspecified atom stereocenters. The molecule has 4 aromatic rings. The summed E-state index contributed by atoms with van der Waals surface area (Å²) in [6, 6.07) is 31.9. The Morgan fingerprint density at radius 3 is 1.89 bits per heavy atom. The Balaban J connectivity index is 1.79. The molecule has 1 atom stereocenters. The summed E-state index contributed by atoms with van der Waals surface area (Å²) in [5.41, 5.74) is 4.08. The van der Waals surface area contributed by atoms with E-state index in [-0.39, 0.29) is 29.7 Å². The van der Waals surface area contributed by atoms with Crippen LogP contribution in [-0.2, 0) is 32.6 Å². The lowest BCUT2D eigenvalue weighted by molar-refractivity contribution is -0.140. The van der Waals surface area contributed by atoms with E-state index in [1.165, 1.54) is 4.90 Å². The zero-order valence-electron chi connectivity index (χ0n) is 25.8. The van der Waals surface area contributed by atoms with Gasteiger partial charge in [0.1, 0.15) is 12.6 Å². The third-order valence-corrected chi connectivity index (χ3v) is 9.34. The first-order valence-corrected chi connectivity index (χ1v) is 16.4. The minimum Gasteiger partial charge on any atom is -0.355 e. The largest absolute Gasteiger partial charge is 0.355 e. The van der Waals surface area contributed by atoms with Crippen LogP contribution in [0.1, 0.15) is 48.9 Å². The van der Waals surface area contributed by atoms with Crippen LogP contribution in [0.3, 0.4) is 0 Å². The van der Waals surface area contributed by atoms with Crippen LogP contribution in [0.25, 0.3) is 0 Å². The molecule has 7 nitrogen and oxygen atoms in total. The molecule has 0 spiro atoms. The normalized spacial score (nSPS) is 12.0. The van der Waals surface area contributed by atoms with Crippen molar-refractivity contribution in [2.24, 2.45) is 0 Å². The summed E-state index contributed by atoms with van der Waals surface area (Å²) < 4.78 is 29.5. The summed E-state index contributed by atoms with van der Waals surface area (Å²) in [5.74, 6) is -0.524. The van der Waals surface area contributed by atoms with Crippen molar-refractivity contribution >= 4 is 27.5 Å². The van der Waals surface area contributed by atoms with E-state index in [2.05, 4.69) is 19.2 Å². The molecule has 0 aromatic heterocycles. The molecule has 4 rings (SSSR count). The molecule has 1 N–H and O–H groups in total. The SMILES string of the molecule is CCNC(=O)[C@@H](Cc1ccccc1)N(Cc1ccccc1)C(=O)CN(c1ccc(C(C)C)cc1)S(=O)(=O)c1ccc(C)cc1. The molecule has 4 aromatic carbocycles. The third-order valence-electron chi connectivity index (χ3n) is 7.55. The Bertz CT molecular complexity index is 1620. The minimum absolute atomic E-state index is 0.0861. The van der Waals surface area contributed by atoms with Gasteiger partial charge in [-0.1, -0.05) is 104 Å². The first kappa shape index (κ1) is 32.5. The number of amides is 2. The number of likely N-dealkylation sites (N-methyl/N-ethyl adjacent to an activating group) is 1. The van der Waals surface area contributed by atoms with Crippen molar-refractivity contribution in [3.8, 4) is 0 Å². The lowest BCUT2D eigenvalue weighted by atomic mass is 10.0. The highest BCUT2D eigenvalue weighted by Crippen LogP contribution is 2.27. The summed E-state index contributed by atoms with van der Waals surface area (Å²) in [6.07, 6.45) is 0.277. The number of sulfonamides is 1. The smallest absolute Gasteiger partial charge is 0.264 e. The Kier molecular flexibility index (Phi) is 11.0. The quantitative estimate of drug-likeness (QED) is 0.198. The van der Waals surface area contributed by atoms with Crippen molar-refractivity contribution in [2.45, 2.75) is 57.5 Å². The fourth-order valence-electron chi connectivity index (χ4n) is 5.02. The number of rotatable bonds is 13. The summed E-state index contributed by atoms with van der Waals surface area (Å²) in [7, 11) is -4.14. The van der Waals surface area contributed by atoms with E-state index in [1.807, 2.05) is 86.6 Å². The Morgan fingerprint density at radius 2 is 1.34 bits per heavy atom. The molecular formula is C36H41N3O4S. The number of hydrogen-bond acceptors (Lipinski definition) is 4. The van der Waals surface area contributed by atoms with Gasteiger partial charge in [0.15, 0.2) is 0 Å². The van der Waals surface area contributed by atoms with Crippen molar-refractivity contribution in [1.82, 2.24) is 10.2 Å². The molecule has 0 bridgehead atoms. The van der Waals surface area contributed by atoms with Crippen LogP contribution < -0.4 is 9.62 Å². The van der Waals surface area contributed by atoms with E-state index in [4.69, 9.17) is 0 Å². The predicted molar refractivity (Wildman–Crippen MR) is 176 cm³/mol. The fraction of sp³-hybridized carbons (Fsp3) is 0.278. The molecule has 8 heteroatoms. The Hall–Kier alpha value is -4.43. The first-order valence-electron chi connectivity index (χ1n) is 14.9.